The molecular formula is C21H18N4O. The first kappa shape index (κ1) is 16.1. The number of aromatic nitrogens is 1. The third-order valence-corrected chi connectivity index (χ3v) is 4.76. The lowest BCUT2D eigenvalue weighted by atomic mass is 9.81. The van der Waals surface area contributed by atoms with Gasteiger partial charge in [-0.3, -0.25) is 10.4 Å². The summed E-state index contributed by atoms with van der Waals surface area (Å²) < 4.78 is 5.67. The molecule has 0 fully saturated rings. The molecule has 128 valence electrons. The number of benzene rings is 2. The van der Waals surface area contributed by atoms with E-state index in [0.717, 1.165) is 27.8 Å². The average Bonchev–Trinajstić information content (AvgIpc) is 2.66. The van der Waals surface area contributed by atoms with Gasteiger partial charge in [0.25, 0.3) is 0 Å². The molecule has 0 spiro atoms. The summed E-state index contributed by atoms with van der Waals surface area (Å²) in [6.07, 6.45) is 0. The predicted octanol–water partition coefficient (Wildman–Crippen LogP) is 3.94. The number of pyridine rings is 1. The SMILES string of the molecule is CN(C)c1ccc2c(c1)OC(=N)C(C#N)C2c1ccc2ccccc2n1. The van der Waals surface area contributed by atoms with Crippen LogP contribution in [0, 0.1) is 22.7 Å². The van der Waals surface area contributed by atoms with Gasteiger partial charge in [-0.25, -0.2) is 0 Å². The Morgan fingerprint density at radius 3 is 2.69 bits per heavy atom. The van der Waals surface area contributed by atoms with Gasteiger partial charge in [0.15, 0.2) is 0 Å². The summed E-state index contributed by atoms with van der Waals surface area (Å²) in [7, 11) is 3.91. The van der Waals surface area contributed by atoms with Crippen LogP contribution in [0.25, 0.3) is 10.9 Å². The Labute approximate surface area is 152 Å². The van der Waals surface area contributed by atoms with Gasteiger partial charge >= 0.3 is 0 Å². The maximum atomic E-state index is 9.67. The van der Waals surface area contributed by atoms with Crippen molar-refractivity contribution in [3.8, 4) is 11.8 Å². The number of rotatable bonds is 2. The second kappa shape index (κ2) is 6.16. The molecule has 2 unspecified atom stereocenters. The molecular weight excluding hydrogens is 324 g/mol. The van der Waals surface area contributed by atoms with Crippen molar-refractivity contribution in [2.45, 2.75) is 5.92 Å². The maximum absolute atomic E-state index is 9.67. The van der Waals surface area contributed by atoms with Crippen molar-refractivity contribution < 1.29 is 4.74 Å². The van der Waals surface area contributed by atoms with Crippen molar-refractivity contribution in [1.29, 1.82) is 10.7 Å². The van der Waals surface area contributed by atoms with Crippen LogP contribution >= 0.6 is 0 Å². The third-order valence-electron chi connectivity index (χ3n) is 4.76. The quantitative estimate of drug-likeness (QED) is 0.765. The Bertz CT molecular complexity index is 1050. The highest BCUT2D eigenvalue weighted by molar-refractivity contribution is 5.86. The fourth-order valence-electron chi connectivity index (χ4n) is 3.38. The Morgan fingerprint density at radius 1 is 1.12 bits per heavy atom. The van der Waals surface area contributed by atoms with Gasteiger partial charge < -0.3 is 9.64 Å². The van der Waals surface area contributed by atoms with Crippen LogP contribution in [0.4, 0.5) is 5.69 Å². The number of nitrogens with zero attached hydrogens (tertiary/aromatic N) is 3. The molecule has 1 aromatic heterocycles. The molecule has 1 aliphatic heterocycles. The predicted molar refractivity (Wildman–Crippen MR) is 102 cm³/mol. The van der Waals surface area contributed by atoms with Gasteiger partial charge in [0, 0.05) is 36.8 Å². The number of ether oxygens (including phenoxy) is 1. The molecule has 0 amide bonds. The van der Waals surface area contributed by atoms with E-state index in [1.54, 1.807) is 0 Å². The molecule has 0 aliphatic carbocycles. The van der Waals surface area contributed by atoms with Crippen molar-refractivity contribution in [3.05, 3.63) is 65.9 Å². The molecule has 26 heavy (non-hydrogen) atoms. The fourth-order valence-corrected chi connectivity index (χ4v) is 3.38. The summed E-state index contributed by atoms with van der Waals surface area (Å²) in [5.74, 6) is -0.429. The summed E-state index contributed by atoms with van der Waals surface area (Å²) in [6, 6.07) is 20.0. The Kier molecular flexibility index (Phi) is 3.81. The topological polar surface area (TPSA) is 73.0 Å². The molecule has 4 rings (SSSR count). The lowest BCUT2D eigenvalue weighted by Crippen LogP contribution is -2.31. The average molecular weight is 342 g/mol. The van der Waals surface area contributed by atoms with Gasteiger partial charge in [0.2, 0.25) is 5.90 Å². The van der Waals surface area contributed by atoms with E-state index in [1.165, 1.54) is 0 Å². The van der Waals surface area contributed by atoms with E-state index in [0.29, 0.717) is 5.75 Å². The molecule has 0 radical (unpaired) electrons. The molecule has 2 aromatic carbocycles. The zero-order chi connectivity index (χ0) is 18.3. The molecule has 0 bridgehead atoms. The van der Waals surface area contributed by atoms with E-state index in [-0.39, 0.29) is 11.8 Å². The standard InChI is InChI=1S/C21H18N4O/c1-25(2)14-8-9-15-19(11-14)26-21(23)16(12-22)20(15)18-10-7-13-5-3-4-6-17(13)24-18/h3-11,16,20,23H,1-2H3. The number of hydrogen-bond acceptors (Lipinski definition) is 5. The van der Waals surface area contributed by atoms with Crippen LogP contribution in [-0.4, -0.2) is 25.0 Å². The van der Waals surface area contributed by atoms with E-state index < -0.39 is 5.92 Å². The Morgan fingerprint density at radius 2 is 1.92 bits per heavy atom. The molecule has 5 nitrogen and oxygen atoms in total. The lowest BCUT2D eigenvalue weighted by Gasteiger charge is -2.30. The zero-order valence-corrected chi connectivity index (χ0v) is 14.6. The van der Waals surface area contributed by atoms with Gasteiger partial charge in [0.05, 0.1) is 23.2 Å². The number of nitriles is 1. The lowest BCUT2D eigenvalue weighted by molar-refractivity contribution is 0.448. The summed E-state index contributed by atoms with van der Waals surface area (Å²) in [4.78, 5) is 6.75. The fraction of sp³-hybridized carbons (Fsp3) is 0.190. The molecule has 2 atom stereocenters. The minimum Gasteiger partial charge on any atom is -0.442 e. The van der Waals surface area contributed by atoms with E-state index >= 15 is 0 Å². The van der Waals surface area contributed by atoms with Crippen LogP contribution in [-0.2, 0) is 0 Å². The van der Waals surface area contributed by atoms with Crippen LogP contribution in [0.3, 0.4) is 0 Å². The molecule has 1 N–H and O–H groups in total. The summed E-state index contributed by atoms with van der Waals surface area (Å²) in [6.45, 7) is 0. The minimum absolute atomic E-state index is 0.0316. The van der Waals surface area contributed by atoms with E-state index in [1.807, 2.05) is 73.6 Å². The number of anilines is 1. The highest BCUT2D eigenvalue weighted by atomic mass is 16.5. The Balaban J connectivity index is 1.89. The molecule has 1 aliphatic rings. The second-order valence-corrected chi connectivity index (χ2v) is 6.60. The van der Waals surface area contributed by atoms with Crippen LogP contribution in [0.1, 0.15) is 17.2 Å². The highest BCUT2D eigenvalue weighted by Gasteiger charge is 2.37. The van der Waals surface area contributed by atoms with Gasteiger partial charge in [0.1, 0.15) is 11.7 Å². The second-order valence-electron chi connectivity index (χ2n) is 6.60. The van der Waals surface area contributed by atoms with Crippen LogP contribution in [0.2, 0.25) is 0 Å². The van der Waals surface area contributed by atoms with Gasteiger partial charge in [-0.1, -0.05) is 30.3 Å². The number of fused-ring (bicyclic) bond motifs is 2. The molecule has 5 heteroatoms. The summed E-state index contributed by atoms with van der Waals surface area (Å²) in [5.41, 5.74) is 3.53. The first-order valence-corrected chi connectivity index (χ1v) is 8.41. The van der Waals surface area contributed by atoms with E-state index in [4.69, 9.17) is 15.1 Å². The molecule has 0 saturated heterocycles. The van der Waals surface area contributed by atoms with Crippen molar-refractivity contribution in [1.82, 2.24) is 4.98 Å². The van der Waals surface area contributed by atoms with Crippen LogP contribution < -0.4 is 9.64 Å². The van der Waals surface area contributed by atoms with Crippen LogP contribution in [0.5, 0.6) is 5.75 Å². The van der Waals surface area contributed by atoms with Crippen molar-refractivity contribution in [2.75, 3.05) is 19.0 Å². The zero-order valence-electron chi connectivity index (χ0n) is 14.6. The molecule has 3 aromatic rings. The first-order valence-electron chi connectivity index (χ1n) is 8.41. The van der Waals surface area contributed by atoms with Crippen molar-refractivity contribution in [2.24, 2.45) is 5.92 Å². The largest absolute Gasteiger partial charge is 0.442 e. The van der Waals surface area contributed by atoms with Gasteiger partial charge in [-0.2, -0.15) is 5.26 Å². The normalized spacial score (nSPS) is 18.7. The highest BCUT2D eigenvalue weighted by Crippen LogP contribution is 2.43. The monoisotopic (exact) mass is 342 g/mol. The van der Waals surface area contributed by atoms with E-state index in [9.17, 15) is 5.26 Å². The summed E-state index contributed by atoms with van der Waals surface area (Å²) >= 11 is 0. The third kappa shape index (κ3) is 2.56. The van der Waals surface area contributed by atoms with Gasteiger partial charge in [-0.15, -0.1) is 0 Å². The van der Waals surface area contributed by atoms with Crippen LogP contribution in [0.15, 0.2) is 54.6 Å². The minimum atomic E-state index is -0.693. The van der Waals surface area contributed by atoms with E-state index in [2.05, 4.69) is 6.07 Å². The number of nitrogens with one attached hydrogen (secondary N) is 1. The number of hydrogen-bond donors (Lipinski definition) is 1. The Hall–Kier alpha value is -3.39. The smallest absolute Gasteiger partial charge is 0.205 e. The first-order chi connectivity index (χ1) is 12.6. The summed E-state index contributed by atoms with van der Waals surface area (Å²) in [5, 5.41) is 18.9. The molecule has 2 heterocycles. The number of para-hydroxylation sites is 1. The maximum Gasteiger partial charge on any atom is 0.205 e. The van der Waals surface area contributed by atoms with Gasteiger partial charge in [-0.05, 0) is 18.2 Å². The van der Waals surface area contributed by atoms with Crippen molar-refractivity contribution >= 4 is 22.5 Å². The van der Waals surface area contributed by atoms with Crippen molar-refractivity contribution in [3.63, 3.8) is 0 Å². The molecule has 0 saturated carbocycles.